The normalized spacial score (nSPS) is 19.5. The molecule has 1 heterocycles. The predicted molar refractivity (Wildman–Crippen MR) is 82.6 cm³/mol. The first-order valence-corrected chi connectivity index (χ1v) is 8.18. The lowest BCUT2D eigenvalue weighted by molar-refractivity contribution is 0.0946. The Labute approximate surface area is 126 Å². The van der Waals surface area contributed by atoms with Crippen molar-refractivity contribution in [3.05, 3.63) is 34.9 Å². The van der Waals surface area contributed by atoms with Gasteiger partial charge in [-0.3, -0.25) is 9.59 Å². The van der Waals surface area contributed by atoms with Gasteiger partial charge in [-0.15, -0.1) is 0 Å². The number of rotatable bonds is 3. The molecule has 21 heavy (non-hydrogen) atoms. The van der Waals surface area contributed by atoms with Gasteiger partial charge in [0.2, 0.25) is 0 Å². The van der Waals surface area contributed by atoms with Gasteiger partial charge < -0.3 is 5.32 Å². The third kappa shape index (κ3) is 3.34. The average Bonchev–Trinajstić information content (AvgIpc) is 2.76. The number of nitrogens with one attached hydrogen (secondary N) is 1. The molecular formula is C18H23NO2. The quantitative estimate of drug-likeness (QED) is 0.682. The molecule has 1 fully saturated rings. The van der Waals surface area contributed by atoms with Crippen LogP contribution in [0.5, 0.6) is 0 Å². The number of carbonyl (C=O) groups is 2. The Morgan fingerprint density at radius 3 is 2.67 bits per heavy atom. The van der Waals surface area contributed by atoms with E-state index in [1.165, 1.54) is 38.5 Å². The van der Waals surface area contributed by atoms with Crippen molar-refractivity contribution in [2.24, 2.45) is 5.92 Å². The van der Waals surface area contributed by atoms with Crippen molar-refractivity contribution in [2.75, 3.05) is 6.54 Å². The summed E-state index contributed by atoms with van der Waals surface area (Å²) < 4.78 is 0. The van der Waals surface area contributed by atoms with Gasteiger partial charge in [0.15, 0.2) is 5.78 Å². The molecule has 1 aliphatic heterocycles. The summed E-state index contributed by atoms with van der Waals surface area (Å²) in [6.07, 6.45) is 8.98. The van der Waals surface area contributed by atoms with E-state index in [9.17, 15) is 9.59 Å². The zero-order chi connectivity index (χ0) is 14.7. The average molecular weight is 285 g/mol. The maximum absolute atomic E-state index is 12.5. The van der Waals surface area contributed by atoms with Crippen LogP contribution in [0, 0.1) is 5.92 Å². The SMILES string of the molecule is O=C(CC1CCCCCC1)c1ccc2c(c1)C(=O)NCC2. The molecule has 0 saturated heterocycles. The molecule has 0 aromatic heterocycles. The van der Waals surface area contributed by atoms with Gasteiger partial charge in [-0.2, -0.15) is 0 Å². The second-order valence-electron chi connectivity index (χ2n) is 6.36. The van der Waals surface area contributed by atoms with Crippen LogP contribution in [0.4, 0.5) is 0 Å². The number of hydrogen-bond acceptors (Lipinski definition) is 2. The second-order valence-corrected chi connectivity index (χ2v) is 6.36. The summed E-state index contributed by atoms with van der Waals surface area (Å²) in [4.78, 5) is 24.4. The molecule has 3 rings (SSSR count). The molecule has 0 unspecified atom stereocenters. The Morgan fingerprint density at radius 2 is 1.90 bits per heavy atom. The minimum atomic E-state index is -0.0413. The third-order valence-electron chi connectivity index (χ3n) is 4.81. The molecule has 0 spiro atoms. The first kappa shape index (κ1) is 14.3. The summed E-state index contributed by atoms with van der Waals surface area (Å²) in [5, 5.41) is 2.84. The van der Waals surface area contributed by atoms with Crippen LogP contribution in [0.25, 0.3) is 0 Å². The van der Waals surface area contributed by atoms with Crippen LogP contribution >= 0.6 is 0 Å². The number of ketones is 1. The van der Waals surface area contributed by atoms with E-state index < -0.39 is 0 Å². The van der Waals surface area contributed by atoms with E-state index in [0.717, 1.165) is 12.0 Å². The van der Waals surface area contributed by atoms with E-state index in [-0.39, 0.29) is 11.7 Å². The third-order valence-corrected chi connectivity index (χ3v) is 4.81. The van der Waals surface area contributed by atoms with Crippen LogP contribution in [-0.4, -0.2) is 18.2 Å². The van der Waals surface area contributed by atoms with Crippen LogP contribution in [0.1, 0.15) is 71.2 Å². The maximum Gasteiger partial charge on any atom is 0.251 e. The molecule has 112 valence electrons. The number of fused-ring (bicyclic) bond motifs is 1. The van der Waals surface area contributed by atoms with Crippen molar-refractivity contribution < 1.29 is 9.59 Å². The minimum absolute atomic E-state index is 0.0413. The van der Waals surface area contributed by atoms with E-state index >= 15 is 0 Å². The van der Waals surface area contributed by atoms with Crippen molar-refractivity contribution in [3.63, 3.8) is 0 Å². The molecule has 1 amide bonds. The highest BCUT2D eigenvalue weighted by molar-refractivity contribution is 6.02. The molecule has 1 aromatic carbocycles. The highest BCUT2D eigenvalue weighted by Gasteiger charge is 2.21. The number of amides is 1. The molecule has 2 aliphatic rings. The lowest BCUT2D eigenvalue weighted by Crippen LogP contribution is -2.32. The van der Waals surface area contributed by atoms with Crippen molar-refractivity contribution in [1.29, 1.82) is 0 Å². The summed E-state index contributed by atoms with van der Waals surface area (Å²) in [5.74, 6) is 0.688. The van der Waals surface area contributed by atoms with Crippen molar-refractivity contribution in [2.45, 2.75) is 51.4 Å². The number of benzene rings is 1. The Morgan fingerprint density at radius 1 is 1.14 bits per heavy atom. The minimum Gasteiger partial charge on any atom is -0.352 e. The van der Waals surface area contributed by atoms with Gasteiger partial charge in [0, 0.05) is 24.1 Å². The molecule has 3 heteroatoms. The van der Waals surface area contributed by atoms with Gasteiger partial charge in [0.25, 0.3) is 5.91 Å². The Balaban J connectivity index is 1.72. The van der Waals surface area contributed by atoms with Gasteiger partial charge in [-0.25, -0.2) is 0 Å². The lowest BCUT2D eigenvalue weighted by atomic mass is 9.90. The maximum atomic E-state index is 12.5. The van der Waals surface area contributed by atoms with E-state index in [4.69, 9.17) is 0 Å². The summed E-state index contributed by atoms with van der Waals surface area (Å²) in [6, 6.07) is 5.65. The fraction of sp³-hybridized carbons (Fsp3) is 0.556. The Hall–Kier alpha value is -1.64. The van der Waals surface area contributed by atoms with Crippen LogP contribution in [0.3, 0.4) is 0 Å². The van der Waals surface area contributed by atoms with Crippen molar-refractivity contribution in [1.82, 2.24) is 5.32 Å². The van der Waals surface area contributed by atoms with Gasteiger partial charge in [0.05, 0.1) is 0 Å². The van der Waals surface area contributed by atoms with Crippen LogP contribution < -0.4 is 5.32 Å². The first-order chi connectivity index (χ1) is 10.2. The molecular weight excluding hydrogens is 262 g/mol. The molecule has 0 atom stereocenters. The zero-order valence-corrected chi connectivity index (χ0v) is 12.5. The van der Waals surface area contributed by atoms with Crippen molar-refractivity contribution >= 4 is 11.7 Å². The standard InChI is InChI=1S/C18H23NO2/c20-17(11-13-5-3-1-2-4-6-13)15-8-7-14-9-10-19-18(21)16(14)12-15/h7-8,12-13H,1-6,9-11H2,(H,19,21). The molecule has 1 aromatic rings. The smallest absolute Gasteiger partial charge is 0.251 e. The van der Waals surface area contributed by atoms with Crippen molar-refractivity contribution in [3.8, 4) is 0 Å². The van der Waals surface area contributed by atoms with E-state index in [1.54, 1.807) is 6.07 Å². The van der Waals surface area contributed by atoms with Crippen LogP contribution in [0.2, 0.25) is 0 Å². The summed E-state index contributed by atoms with van der Waals surface area (Å²) in [7, 11) is 0. The molecule has 3 nitrogen and oxygen atoms in total. The van der Waals surface area contributed by atoms with E-state index in [1.807, 2.05) is 12.1 Å². The van der Waals surface area contributed by atoms with Gasteiger partial charge in [0.1, 0.15) is 0 Å². The molecule has 1 aliphatic carbocycles. The molecule has 1 saturated carbocycles. The monoisotopic (exact) mass is 285 g/mol. The number of carbonyl (C=O) groups excluding carboxylic acids is 2. The van der Waals surface area contributed by atoms with Crippen LogP contribution in [0.15, 0.2) is 18.2 Å². The van der Waals surface area contributed by atoms with E-state index in [2.05, 4.69) is 5.32 Å². The highest BCUT2D eigenvalue weighted by Crippen LogP contribution is 2.27. The Bertz CT molecular complexity index is 542. The zero-order valence-electron chi connectivity index (χ0n) is 12.5. The topological polar surface area (TPSA) is 46.2 Å². The van der Waals surface area contributed by atoms with Crippen LogP contribution in [-0.2, 0) is 6.42 Å². The fourth-order valence-electron chi connectivity index (χ4n) is 3.53. The Kier molecular flexibility index (Phi) is 4.37. The summed E-state index contributed by atoms with van der Waals surface area (Å²) in [5.41, 5.74) is 2.45. The lowest BCUT2D eigenvalue weighted by Gasteiger charge is -2.18. The number of Topliss-reactive ketones (excluding diaryl/α,β-unsaturated/α-hetero) is 1. The second kappa shape index (κ2) is 6.42. The fourth-order valence-corrected chi connectivity index (χ4v) is 3.53. The summed E-state index contributed by atoms with van der Waals surface area (Å²) in [6.45, 7) is 0.696. The molecule has 0 bridgehead atoms. The largest absolute Gasteiger partial charge is 0.352 e. The molecule has 1 N–H and O–H groups in total. The predicted octanol–water partition coefficient (Wildman–Crippen LogP) is 3.52. The highest BCUT2D eigenvalue weighted by atomic mass is 16.1. The first-order valence-electron chi connectivity index (χ1n) is 8.18. The number of hydrogen-bond donors (Lipinski definition) is 1. The van der Waals surface area contributed by atoms with Gasteiger partial charge in [-0.1, -0.05) is 50.7 Å². The van der Waals surface area contributed by atoms with Gasteiger partial charge in [-0.05, 0) is 24.0 Å². The van der Waals surface area contributed by atoms with Gasteiger partial charge >= 0.3 is 0 Å². The molecule has 0 radical (unpaired) electrons. The summed E-state index contributed by atoms with van der Waals surface area (Å²) >= 11 is 0. The van der Waals surface area contributed by atoms with E-state index in [0.29, 0.717) is 30.0 Å².